The minimum absolute atomic E-state index is 0.370. The fraction of sp³-hybridized carbons (Fsp3) is 0.500. The topological polar surface area (TPSA) is 46.6 Å². The first kappa shape index (κ1) is 18.2. The lowest BCUT2D eigenvalue weighted by atomic mass is 10.1. The number of hydroxylamine groups is 2. The predicted octanol–water partition coefficient (Wildman–Crippen LogP) is 5.26. The van der Waals surface area contributed by atoms with Gasteiger partial charge in [0.2, 0.25) is 0 Å². The highest BCUT2D eigenvalue weighted by atomic mass is 16.7. The molecule has 0 aromatic heterocycles. The lowest BCUT2D eigenvalue weighted by Gasteiger charge is -2.17. The van der Waals surface area contributed by atoms with E-state index in [0.29, 0.717) is 11.1 Å². The van der Waals surface area contributed by atoms with Crippen molar-refractivity contribution in [3.05, 3.63) is 47.2 Å². The summed E-state index contributed by atoms with van der Waals surface area (Å²) >= 11 is 0. The number of imide groups is 1. The summed E-state index contributed by atoms with van der Waals surface area (Å²) in [7, 11) is 0. The number of nitrogens with zero attached hydrogens (tertiary/aromatic N) is 1. The molecule has 0 saturated heterocycles. The molecule has 0 N–H and O–H groups in total. The van der Waals surface area contributed by atoms with E-state index in [2.05, 4.69) is 13.8 Å². The van der Waals surface area contributed by atoms with E-state index in [1.54, 1.807) is 24.3 Å². The summed E-state index contributed by atoms with van der Waals surface area (Å²) in [5.41, 5.74) is 0.836. The van der Waals surface area contributed by atoms with Crippen LogP contribution in [0.5, 0.6) is 0 Å². The van der Waals surface area contributed by atoms with Crippen LogP contribution in [0.15, 0.2) is 36.1 Å². The van der Waals surface area contributed by atoms with Crippen LogP contribution in [0.1, 0.15) is 85.9 Å². The highest BCUT2D eigenvalue weighted by molar-refractivity contribution is 6.20. The van der Waals surface area contributed by atoms with E-state index < -0.39 is 0 Å². The third-order valence-electron chi connectivity index (χ3n) is 4.17. The van der Waals surface area contributed by atoms with Crippen molar-refractivity contribution in [3.8, 4) is 0 Å². The van der Waals surface area contributed by atoms with Gasteiger partial charge >= 0.3 is 0 Å². The smallest absolute Gasteiger partial charge is 0.295 e. The summed E-state index contributed by atoms with van der Waals surface area (Å²) < 4.78 is 0. The Bertz CT molecular complexity index is 572. The number of carbonyl (C=O) groups is 2. The van der Waals surface area contributed by atoms with Crippen LogP contribution in [0, 0.1) is 0 Å². The van der Waals surface area contributed by atoms with Gasteiger partial charge in [0, 0.05) is 6.42 Å². The van der Waals surface area contributed by atoms with E-state index in [-0.39, 0.29) is 11.8 Å². The Labute approximate surface area is 144 Å². The minimum atomic E-state index is -0.370. The molecule has 1 heterocycles. The van der Waals surface area contributed by atoms with Crippen molar-refractivity contribution in [2.75, 3.05) is 0 Å². The first-order chi connectivity index (χ1) is 11.7. The molecule has 0 bridgehead atoms. The average Bonchev–Trinajstić information content (AvgIpc) is 2.84. The van der Waals surface area contributed by atoms with Crippen LogP contribution >= 0.6 is 0 Å². The van der Waals surface area contributed by atoms with E-state index >= 15 is 0 Å². The van der Waals surface area contributed by atoms with E-state index in [9.17, 15) is 9.59 Å². The van der Waals surface area contributed by atoms with Crippen LogP contribution in [-0.2, 0) is 4.84 Å². The molecule has 2 amide bonds. The Balaban J connectivity index is 2.05. The van der Waals surface area contributed by atoms with Crippen LogP contribution in [-0.4, -0.2) is 16.9 Å². The summed E-state index contributed by atoms with van der Waals surface area (Å²) in [5.74, 6) is -0.00911. The Morgan fingerprint density at radius 1 is 0.958 bits per heavy atom. The molecule has 0 atom stereocenters. The van der Waals surface area contributed by atoms with Crippen molar-refractivity contribution in [2.45, 2.75) is 65.2 Å². The third-order valence-corrected chi connectivity index (χ3v) is 4.17. The number of allylic oxidation sites excluding steroid dienone is 2. The molecule has 4 heteroatoms. The number of carbonyl (C=O) groups excluding carboxylic acids is 2. The molecule has 0 saturated carbocycles. The monoisotopic (exact) mass is 329 g/mol. The van der Waals surface area contributed by atoms with Crippen molar-refractivity contribution in [2.24, 2.45) is 0 Å². The van der Waals surface area contributed by atoms with Crippen LogP contribution in [0.4, 0.5) is 0 Å². The highest BCUT2D eigenvalue weighted by Crippen LogP contribution is 2.25. The summed E-state index contributed by atoms with van der Waals surface area (Å²) in [6, 6.07) is 6.85. The summed E-state index contributed by atoms with van der Waals surface area (Å²) in [6.07, 6.45) is 10.4. The lowest BCUT2D eigenvalue weighted by Crippen LogP contribution is -2.29. The van der Waals surface area contributed by atoms with Crippen molar-refractivity contribution in [1.82, 2.24) is 5.06 Å². The Morgan fingerprint density at radius 2 is 1.54 bits per heavy atom. The fourth-order valence-electron chi connectivity index (χ4n) is 2.76. The summed E-state index contributed by atoms with van der Waals surface area (Å²) in [6.45, 7) is 4.32. The van der Waals surface area contributed by atoms with E-state index in [1.165, 1.54) is 6.42 Å². The molecule has 1 aliphatic heterocycles. The number of rotatable bonds is 10. The zero-order valence-corrected chi connectivity index (χ0v) is 14.7. The number of benzene rings is 1. The molecule has 0 fully saturated rings. The SMILES string of the molecule is CCCCC/C=C(\CCCCC)ON1C(=O)c2ccccc2C1=O. The van der Waals surface area contributed by atoms with Gasteiger partial charge in [-0.1, -0.05) is 56.7 Å². The second kappa shape index (κ2) is 9.26. The summed E-state index contributed by atoms with van der Waals surface area (Å²) in [4.78, 5) is 30.5. The normalized spacial score (nSPS) is 14.2. The molecule has 0 radical (unpaired) electrons. The van der Waals surface area contributed by atoms with Crippen LogP contribution < -0.4 is 0 Å². The third kappa shape index (κ3) is 4.47. The molecule has 1 aromatic carbocycles. The van der Waals surface area contributed by atoms with Crippen molar-refractivity contribution < 1.29 is 14.4 Å². The summed E-state index contributed by atoms with van der Waals surface area (Å²) in [5, 5.41) is 0.919. The zero-order valence-electron chi connectivity index (χ0n) is 14.7. The standard InChI is InChI=1S/C20H27NO3/c1-3-5-7-9-13-16(12-8-6-4-2)24-21-19(22)17-14-10-11-15-18(17)20(21)23/h10-11,13-15H,3-9,12H2,1-2H3/b16-13+. The molecule has 0 aliphatic carbocycles. The molecule has 1 aromatic rings. The van der Waals surface area contributed by atoms with Gasteiger partial charge in [0.15, 0.2) is 0 Å². The first-order valence-electron chi connectivity index (χ1n) is 9.03. The number of unbranched alkanes of at least 4 members (excludes halogenated alkanes) is 5. The van der Waals surface area contributed by atoms with Crippen LogP contribution in [0.25, 0.3) is 0 Å². The fourth-order valence-corrected chi connectivity index (χ4v) is 2.76. The van der Waals surface area contributed by atoms with Gasteiger partial charge in [-0.25, -0.2) is 0 Å². The van der Waals surface area contributed by atoms with Crippen molar-refractivity contribution in [3.63, 3.8) is 0 Å². The van der Waals surface area contributed by atoms with Gasteiger partial charge in [-0.05, 0) is 37.5 Å². The second-order valence-electron chi connectivity index (χ2n) is 6.16. The van der Waals surface area contributed by atoms with Crippen molar-refractivity contribution >= 4 is 11.8 Å². The molecule has 1 aliphatic rings. The largest absolute Gasteiger partial charge is 0.373 e. The Morgan fingerprint density at radius 3 is 2.12 bits per heavy atom. The number of hydrogen-bond acceptors (Lipinski definition) is 3. The lowest BCUT2D eigenvalue weighted by molar-refractivity contribution is -0.0594. The van der Waals surface area contributed by atoms with Gasteiger partial charge in [-0.2, -0.15) is 0 Å². The molecule has 2 rings (SSSR count). The quantitative estimate of drug-likeness (QED) is 0.334. The predicted molar refractivity (Wildman–Crippen MR) is 94.4 cm³/mol. The molecular weight excluding hydrogens is 302 g/mol. The van der Waals surface area contributed by atoms with Gasteiger partial charge in [-0.3, -0.25) is 9.59 Å². The second-order valence-corrected chi connectivity index (χ2v) is 6.16. The average molecular weight is 329 g/mol. The molecule has 130 valence electrons. The Hall–Kier alpha value is -2.10. The highest BCUT2D eigenvalue weighted by Gasteiger charge is 2.37. The molecule has 0 spiro atoms. The van der Waals surface area contributed by atoms with E-state index in [0.717, 1.165) is 55.8 Å². The number of hydrogen-bond donors (Lipinski definition) is 0. The molecule has 0 unspecified atom stereocenters. The maximum atomic E-state index is 12.4. The first-order valence-corrected chi connectivity index (χ1v) is 9.03. The zero-order chi connectivity index (χ0) is 17.4. The van der Waals surface area contributed by atoms with Gasteiger partial charge < -0.3 is 4.84 Å². The van der Waals surface area contributed by atoms with Gasteiger partial charge in [0.1, 0.15) is 5.76 Å². The maximum Gasteiger partial charge on any atom is 0.295 e. The molecule has 4 nitrogen and oxygen atoms in total. The number of fused-ring (bicyclic) bond motifs is 1. The number of amides is 2. The maximum absolute atomic E-state index is 12.4. The van der Waals surface area contributed by atoms with Crippen LogP contribution in [0.3, 0.4) is 0 Å². The Kier molecular flexibility index (Phi) is 7.04. The van der Waals surface area contributed by atoms with E-state index in [1.807, 2.05) is 6.08 Å². The van der Waals surface area contributed by atoms with E-state index in [4.69, 9.17) is 4.84 Å². The van der Waals surface area contributed by atoms with Crippen LogP contribution in [0.2, 0.25) is 0 Å². The van der Waals surface area contributed by atoms with Gasteiger partial charge in [0.25, 0.3) is 11.8 Å². The molecular formula is C20H27NO3. The van der Waals surface area contributed by atoms with Gasteiger partial charge in [0.05, 0.1) is 11.1 Å². The minimum Gasteiger partial charge on any atom is -0.373 e. The van der Waals surface area contributed by atoms with Crippen molar-refractivity contribution in [1.29, 1.82) is 0 Å². The van der Waals surface area contributed by atoms with Gasteiger partial charge in [-0.15, -0.1) is 0 Å². The molecule has 24 heavy (non-hydrogen) atoms.